The fraction of sp³-hybridized carbons (Fsp3) is 0.441. The van der Waals surface area contributed by atoms with E-state index in [0.29, 0.717) is 5.69 Å². The Morgan fingerprint density at radius 1 is 1.00 bits per heavy atom. The SMILES string of the molecule is Cc1ccc(NC(=O)N(c2ccco2)[C@H](C(=O)N[C@@H](CC(N)=O)[C@@H]2O[C@H]3OC(C)(C)O[C@H]3[C@@H]2OCc2ccccc2)C(C)C)cc1. The van der Waals surface area contributed by atoms with E-state index in [1.54, 1.807) is 38.1 Å². The van der Waals surface area contributed by atoms with Gasteiger partial charge in [-0.15, -0.1) is 0 Å². The molecule has 1 aromatic heterocycles. The molecule has 46 heavy (non-hydrogen) atoms. The van der Waals surface area contributed by atoms with E-state index in [4.69, 9.17) is 29.1 Å². The first-order valence-corrected chi connectivity index (χ1v) is 15.4. The molecule has 0 bridgehead atoms. The summed E-state index contributed by atoms with van der Waals surface area (Å²) in [5, 5.41) is 5.82. The van der Waals surface area contributed by atoms with Gasteiger partial charge < -0.3 is 39.7 Å². The molecule has 12 heteroatoms. The number of benzene rings is 2. The van der Waals surface area contributed by atoms with Gasteiger partial charge >= 0.3 is 6.03 Å². The monoisotopic (exact) mass is 634 g/mol. The van der Waals surface area contributed by atoms with Crippen molar-refractivity contribution >= 4 is 29.4 Å². The van der Waals surface area contributed by atoms with Crippen molar-refractivity contribution in [3.05, 3.63) is 84.1 Å². The second kappa shape index (κ2) is 14.0. The molecule has 246 valence electrons. The Morgan fingerprint density at radius 3 is 2.35 bits per heavy atom. The molecule has 12 nitrogen and oxygen atoms in total. The Bertz CT molecular complexity index is 1480. The van der Waals surface area contributed by atoms with Crippen molar-refractivity contribution in [1.82, 2.24) is 5.32 Å². The van der Waals surface area contributed by atoms with E-state index in [0.717, 1.165) is 11.1 Å². The molecule has 5 rings (SSSR count). The number of furan rings is 1. The highest BCUT2D eigenvalue weighted by Crippen LogP contribution is 2.40. The number of nitrogens with one attached hydrogen (secondary N) is 2. The van der Waals surface area contributed by atoms with Crippen LogP contribution in [0.2, 0.25) is 0 Å². The van der Waals surface area contributed by atoms with Crippen LogP contribution >= 0.6 is 0 Å². The first kappa shape index (κ1) is 33.1. The number of hydrogen-bond donors (Lipinski definition) is 3. The van der Waals surface area contributed by atoms with Crippen LogP contribution in [0.4, 0.5) is 16.4 Å². The van der Waals surface area contributed by atoms with Crippen molar-refractivity contribution in [1.29, 1.82) is 0 Å². The lowest BCUT2D eigenvalue weighted by atomic mass is 9.97. The van der Waals surface area contributed by atoms with Crippen molar-refractivity contribution in [2.24, 2.45) is 11.7 Å². The number of fused-ring (bicyclic) bond motifs is 1. The molecule has 4 amide bonds. The standard InChI is InChI=1S/C34H42N4O8/c1-20(2)27(38(26-12-9-17-42-26)33(41)36-23-15-13-21(3)14-16-23)31(40)37-24(18-25(35)39)28-29(43-19-22-10-7-6-8-11-22)30-32(44-28)46-34(4,5)45-30/h6-17,20,24,27-30,32H,18-19H2,1-5H3,(H2,35,39)(H,36,41)(H,37,40)/t24-,27-,28-,29+,30-,32-/m0/s1. The number of amides is 4. The van der Waals surface area contributed by atoms with E-state index >= 15 is 0 Å². The Morgan fingerprint density at radius 2 is 1.72 bits per heavy atom. The molecular weight excluding hydrogens is 592 g/mol. The minimum atomic E-state index is -1.05. The summed E-state index contributed by atoms with van der Waals surface area (Å²) in [5.74, 6) is -2.33. The van der Waals surface area contributed by atoms with Gasteiger partial charge in [-0.2, -0.15) is 0 Å². The van der Waals surface area contributed by atoms with E-state index < -0.39 is 60.3 Å². The van der Waals surface area contributed by atoms with E-state index in [-0.39, 0.29) is 24.8 Å². The minimum absolute atomic E-state index is 0.171. The van der Waals surface area contributed by atoms with Gasteiger partial charge in [-0.3, -0.25) is 14.5 Å². The van der Waals surface area contributed by atoms with Crippen LogP contribution < -0.4 is 21.3 Å². The summed E-state index contributed by atoms with van der Waals surface area (Å²) < 4.78 is 30.4. The summed E-state index contributed by atoms with van der Waals surface area (Å²) >= 11 is 0. The van der Waals surface area contributed by atoms with Crippen LogP contribution in [0.25, 0.3) is 0 Å². The van der Waals surface area contributed by atoms with Crippen LogP contribution in [0, 0.1) is 12.8 Å². The highest BCUT2D eigenvalue weighted by Gasteiger charge is 2.57. The average Bonchev–Trinajstić information content (AvgIpc) is 3.70. The van der Waals surface area contributed by atoms with Gasteiger partial charge in [0, 0.05) is 18.2 Å². The number of anilines is 2. The van der Waals surface area contributed by atoms with Crippen LogP contribution in [0.5, 0.6) is 0 Å². The van der Waals surface area contributed by atoms with Crippen molar-refractivity contribution in [3.8, 4) is 0 Å². The first-order chi connectivity index (χ1) is 21.9. The van der Waals surface area contributed by atoms with Crippen molar-refractivity contribution in [2.45, 2.75) is 90.1 Å². The number of carbonyl (C=O) groups is 3. The predicted octanol–water partition coefficient (Wildman–Crippen LogP) is 4.47. The molecule has 0 spiro atoms. The van der Waals surface area contributed by atoms with Crippen LogP contribution in [0.1, 0.15) is 45.2 Å². The number of primary amides is 1. The summed E-state index contributed by atoms with van der Waals surface area (Å²) in [5.41, 5.74) is 8.19. The van der Waals surface area contributed by atoms with Crippen molar-refractivity contribution in [3.63, 3.8) is 0 Å². The summed E-state index contributed by atoms with van der Waals surface area (Å²) in [7, 11) is 0. The predicted molar refractivity (Wildman–Crippen MR) is 169 cm³/mol. The molecule has 0 aliphatic carbocycles. The molecular formula is C34H42N4O8. The molecule has 0 radical (unpaired) electrons. The van der Waals surface area contributed by atoms with Crippen LogP contribution in [-0.2, 0) is 35.1 Å². The van der Waals surface area contributed by atoms with Gasteiger partial charge in [-0.25, -0.2) is 4.79 Å². The number of rotatable bonds is 12. The molecule has 2 fully saturated rings. The lowest BCUT2D eigenvalue weighted by Gasteiger charge is -2.35. The third-order valence-corrected chi connectivity index (χ3v) is 7.90. The number of urea groups is 1. The maximum absolute atomic E-state index is 14.2. The van der Waals surface area contributed by atoms with Gasteiger partial charge in [0.05, 0.1) is 18.9 Å². The van der Waals surface area contributed by atoms with Crippen LogP contribution in [0.15, 0.2) is 77.4 Å². The van der Waals surface area contributed by atoms with Crippen LogP contribution in [0.3, 0.4) is 0 Å². The highest BCUT2D eigenvalue weighted by atomic mass is 16.8. The van der Waals surface area contributed by atoms with Gasteiger partial charge in [0.15, 0.2) is 12.1 Å². The fourth-order valence-corrected chi connectivity index (χ4v) is 5.83. The zero-order valence-electron chi connectivity index (χ0n) is 26.7. The molecule has 2 aromatic carbocycles. The molecule has 4 N–H and O–H groups in total. The number of hydrogen-bond acceptors (Lipinski definition) is 8. The maximum atomic E-state index is 14.2. The first-order valence-electron chi connectivity index (χ1n) is 15.4. The number of ether oxygens (including phenoxy) is 4. The van der Waals surface area contributed by atoms with E-state index in [2.05, 4.69) is 10.6 Å². The Kier molecular flexibility index (Phi) is 10.1. The largest absolute Gasteiger partial charge is 0.448 e. The maximum Gasteiger partial charge on any atom is 0.329 e. The van der Waals surface area contributed by atoms with Crippen molar-refractivity contribution < 1.29 is 37.7 Å². The summed E-state index contributed by atoms with van der Waals surface area (Å²) in [4.78, 5) is 41.6. The van der Waals surface area contributed by atoms with Crippen LogP contribution in [-0.4, -0.2) is 60.3 Å². The Labute approximate surface area is 268 Å². The Balaban J connectivity index is 1.41. The summed E-state index contributed by atoms with van der Waals surface area (Å²) in [6.07, 6.45) is -1.84. The van der Waals surface area contributed by atoms with Gasteiger partial charge in [-0.1, -0.05) is 61.9 Å². The average molecular weight is 635 g/mol. The van der Waals surface area contributed by atoms with E-state index in [1.807, 2.05) is 63.2 Å². The lowest BCUT2D eigenvalue weighted by molar-refractivity contribution is -0.222. The molecule has 6 atom stereocenters. The molecule has 3 heterocycles. The summed E-state index contributed by atoms with van der Waals surface area (Å²) in [6.45, 7) is 9.36. The second-order valence-corrected chi connectivity index (χ2v) is 12.4. The molecule has 0 saturated carbocycles. The number of nitrogens with two attached hydrogens (primary N) is 1. The fourth-order valence-electron chi connectivity index (χ4n) is 5.83. The van der Waals surface area contributed by atoms with Gasteiger partial charge in [0.1, 0.15) is 24.4 Å². The third kappa shape index (κ3) is 7.76. The third-order valence-electron chi connectivity index (χ3n) is 7.90. The van der Waals surface area contributed by atoms with Gasteiger partial charge in [0.2, 0.25) is 17.7 Å². The van der Waals surface area contributed by atoms with E-state index in [1.165, 1.54) is 11.2 Å². The lowest BCUT2D eigenvalue weighted by Crippen LogP contribution is -2.59. The molecule has 3 aromatic rings. The molecule has 0 unspecified atom stereocenters. The minimum Gasteiger partial charge on any atom is -0.448 e. The van der Waals surface area contributed by atoms with E-state index in [9.17, 15) is 14.4 Å². The zero-order chi connectivity index (χ0) is 33.0. The Hall–Kier alpha value is -4.23. The van der Waals surface area contributed by atoms with Gasteiger partial charge in [-0.05, 0) is 50.5 Å². The molecule has 2 saturated heterocycles. The number of nitrogens with zero attached hydrogens (tertiary/aromatic N) is 1. The summed E-state index contributed by atoms with van der Waals surface area (Å²) in [6, 6.07) is 17.5. The van der Waals surface area contributed by atoms with Gasteiger partial charge in [0.25, 0.3) is 0 Å². The second-order valence-electron chi connectivity index (χ2n) is 12.4. The highest BCUT2D eigenvalue weighted by molar-refractivity contribution is 6.05. The number of carbonyl (C=O) groups excluding carboxylic acids is 3. The number of aryl methyl sites for hydroxylation is 1. The van der Waals surface area contributed by atoms with Crippen molar-refractivity contribution in [2.75, 3.05) is 10.2 Å². The topological polar surface area (TPSA) is 155 Å². The smallest absolute Gasteiger partial charge is 0.329 e. The molecule has 2 aliphatic rings. The molecule has 2 aliphatic heterocycles. The quantitative estimate of drug-likeness (QED) is 0.264. The normalized spacial score (nSPS) is 23.0. The zero-order valence-corrected chi connectivity index (χ0v) is 26.7.